The summed E-state index contributed by atoms with van der Waals surface area (Å²) in [6, 6.07) is 9.26. The van der Waals surface area contributed by atoms with Crippen LogP contribution in [-0.2, 0) is 9.53 Å². The van der Waals surface area contributed by atoms with Crippen LogP contribution in [0.5, 0.6) is 0 Å². The highest BCUT2D eigenvalue weighted by molar-refractivity contribution is 6.30. The number of carbonyl (C=O) groups is 2. The van der Waals surface area contributed by atoms with Crippen LogP contribution in [0.25, 0.3) is 0 Å². The summed E-state index contributed by atoms with van der Waals surface area (Å²) < 4.78 is 10.8. The molecule has 140 valence electrons. The first kappa shape index (κ1) is 17.8. The fourth-order valence-electron chi connectivity index (χ4n) is 3.65. The lowest BCUT2D eigenvalue weighted by molar-refractivity contribution is -0.131. The normalized spacial score (nSPS) is 22.7. The van der Waals surface area contributed by atoms with E-state index in [1.54, 1.807) is 30.3 Å². The zero-order valence-corrected chi connectivity index (χ0v) is 15.2. The smallest absolute Gasteiger partial charge is 0.290 e. The summed E-state index contributed by atoms with van der Waals surface area (Å²) in [4.78, 5) is 27.2. The van der Waals surface area contributed by atoms with Crippen molar-refractivity contribution in [2.75, 3.05) is 13.2 Å². The number of hydrogen-bond acceptors (Lipinski definition) is 5. The van der Waals surface area contributed by atoms with Gasteiger partial charge in [-0.3, -0.25) is 9.59 Å². The largest absolute Gasteiger partial charge is 0.503 e. The van der Waals surface area contributed by atoms with Gasteiger partial charge in [0.1, 0.15) is 0 Å². The Kier molecular flexibility index (Phi) is 4.76. The zero-order chi connectivity index (χ0) is 19.0. The molecular weight excluding hydrogens is 370 g/mol. The number of hydrogen-bond donors (Lipinski definition) is 1. The molecule has 2 atom stereocenters. The first-order valence-corrected chi connectivity index (χ1v) is 9.13. The topological polar surface area (TPSA) is 80.0 Å². The Bertz CT molecular complexity index is 899. The Labute approximate surface area is 161 Å². The molecule has 27 heavy (non-hydrogen) atoms. The monoisotopic (exact) mass is 387 g/mol. The summed E-state index contributed by atoms with van der Waals surface area (Å²) in [5, 5.41) is 11.0. The van der Waals surface area contributed by atoms with E-state index in [1.165, 1.54) is 17.2 Å². The third kappa shape index (κ3) is 3.26. The molecule has 1 N–H and O–H groups in total. The van der Waals surface area contributed by atoms with Gasteiger partial charge in [0.05, 0.1) is 24.0 Å². The molecule has 4 rings (SSSR count). The second-order valence-electron chi connectivity index (χ2n) is 6.62. The quantitative estimate of drug-likeness (QED) is 0.791. The number of aliphatic hydroxyl groups is 1. The van der Waals surface area contributed by atoms with Gasteiger partial charge in [0, 0.05) is 18.2 Å². The lowest BCUT2D eigenvalue weighted by Crippen LogP contribution is -2.37. The van der Waals surface area contributed by atoms with Crippen molar-refractivity contribution in [3.8, 4) is 0 Å². The number of aliphatic hydroxyl groups excluding tert-OH is 1. The van der Waals surface area contributed by atoms with Crippen molar-refractivity contribution in [1.29, 1.82) is 0 Å². The van der Waals surface area contributed by atoms with Gasteiger partial charge in [-0.2, -0.15) is 0 Å². The number of nitrogens with zero attached hydrogens (tertiary/aromatic N) is 1. The summed E-state index contributed by atoms with van der Waals surface area (Å²) in [6.07, 6.45) is 3.00. The van der Waals surface area contributed by atoms with Gasteiger partial charge in [0.2, 0.25) is 5.78 Å². The molecule has 0 bridgehead atoms. The van der Waals surface area contributed by atoms with Crippen LogP contribution in [0.3, 0.4) is 0 Å². The number of Topliss-reactive ketones (excluding diaryl/α,β-unsaturated/α-hetero) is 1. The van der Waals surface area contributed by atoms with Crippen LogP contribution in [0.4, 0.5) is 0 Å². The predicted octanol–water partition coefficient (Wildman–Crippen LogP) is 3.69. The van der Waals surface area contributed by atoms with Crippen molar-refractivity contribution in [3.05, 3.63) is 70.3 Å². The maximum absolute atomic E-state index is 13.0. The van der Waals surface area contributed by atoms with Crippen LogP contribution in [0.2, 0.25) is 5.02 Å². The lowest BCUT2D eigenvalue weighted by Gasteiger charge is -2.28. The number of amides is 1. The van der Waals surface area contributed by atoms with Crippen molar-refractivity contribution >= 4 is 23.3 Å². The van der Waals surface area contributed by atoms with Crippen molar-refractivity contribution in [2.24, 2.45) is 0 Å². The van der Waals surface area contributed by atoms with E-state index in [-0.39, 0.29) is 24.0 Å². The average molecular weight is 388 g/mol. The summed E-state index contributed by atoms with van der Waals surface area (Å²) in [7, 11) is 0. The molecule has 2 aliphatic rings. The van der Waals surface area contributed by atoms with Crippen LogP contribution >= 0.6 is 11.6 Å². The number of ether oxygens (including phenoxy) is 1. The highest BCUT2D eigenvalue weighted by Gasteiger charge is 2.45. The van der Waals surface area contributed by atoms with Gasteiger partial charge in [-0.25, -0.2) is 0 Å². The van der Waals surface area contributed by atoms with Crippen LogP contribution < -0.4 is 0 Å². The number of ketones is 1. The molecule has 7 heteroatoms. The lowest BCUT2D eigenvalue weighted by atomic mass is 9.95. The van der Waals surface area contributed by atoms with E-state index in [2.05, 4.69) is 0 Å². The Morgan fingerprint density at radius 3 is 2.81 bits per heavy atom. The van der Waals surface area contributed by atoms with E-state index < -0.39 is 23.5 Å². The van der Waals surface area contributed by atoms with E-state index in [0.717, 1.165) is 12.8 Å². The highest BCUT2D eigenvalue weighted by atomic mass is 35.5. The summed E-state index contributed by atoms with van der Waals surface area (Å²) in [5.41, 5.74) is 0.642. The van der Waals surface area contributed by atoms with Gasteiger partial charge in [0.15, 0.2) is 11.5 Å². The molecule has 1 fully saturated rings. The van der Waals surface area contributed by atoms with E-state index in [4.69, 9.17) is 20.8 Å². The maximum Gasteiger partial charge on any atom is 0.290 e. The predicted molar refractivity (Wildman–Crippen MR) is 97.6 cm³/mol. The fraction of sp³-hybridized carbons (Fsp3) is 0.300. The minimum Gasteiger partial charge on any atom is -0.503 e. The van der Waals surface area contributed by atoms with Crippen LogP contribution in [-0.4, -0.2) is 41.0 Å². The van der Waals surface area contributed by atoms with Crippen LogP contribution in [0.15, 0.2) is 58.4 Å². The van der Waals surface area contributed by atoms with Gasteiger partial charge in [-0.1, -0.05) is 23.7 Å². The highest BCUT2D eigenvalue weighted by Crippen LogP contribution is 2.40. The molecule has 1 saturated heterocycles. The SMILES string of the molecule is O=C(C1=C(O)C(=O)N(C[C@@H]2CCCO2)[C@H]1c1cccc(Cl)c1)c1ccco1. The number of benzene rings is 1. The third-order valence-corrected chi connectivity index (χ3v) is 5.12. The van der Waals surface area contributed by atoms with Crippen LogP contribution in [0.1, 0.15) is 35.0 Å². The molecular formula is C20H18ClNO5. The molecule has 0 radical (unpaired) electrons. The molecule has 1 aromatic heterocycles. The molecule has 1 aromatic carbocycles. The van der Waals surface area contributed by atoms with E-state index in [1.807, 2.05) is 0 Å². The van der Waals surface area contributed by atoms with E-state index in [0.29, 0.717) is 17.2 Å². The van der Waals surface area contributed by atoms with Gasteiger partial charge < -0.3 is 19.2 Å². The number of carbonyl (C=O) groups excluding carboxylic acids is 2. The van der Waals surface area contributed by atoms with Gasteiger partial charge in [0.25, 0.3) is 5.91 Å². The summed E-state index contributed by atoms with van der Waals surface area (Å²) in [5.74, 6) is -1.61. The Morgan fingerprint density at radius 1 is 1.30 bits per heavy atom. The first-order valence-electron chi connectivity index (χ1n) is 8.75. The molecule has 6 nitrogen and oxygen atoms in total. The number of halogens is 1. The molecule has 2 aliphatic heterocycles. The summed E-state index contributed by atoms with van der Waals surface area (Å²) >= 11 is 6.13. The molecule has 0 aliphatic carbocycles. The average Bonchev–Trinajstić information content (AvgIpc) is 3.40. The minimum atomic E-state index is -0.752. The van der Waals surface area contributed by atoms with Crippen molar-refractivity contribution in [1.82, 2.24) is 4.90 Å². The second kappa shape index (κ2) is 7.21. The Morgan fingerprint density at radius 2 is 2.15 bits per heavy atom. The number of rotatable bonds is 5. The molecule has 2 aromatic rings. The Balaban J connectivity index is 1.76. The summed E-state index contributed by atoms with van der Waals surface area (Å²) in [6.45, 7) is 0.932. The van der Waals surface area contributed by atoms with Gasteiger partial charge in [-0.05, 0) is 42.7 Å². The van der Waals surface area contributed by atoms with E-state index >= 15 is 0 Å². The zero-order valence-electron chi connectivity index (χ0n) is 14.4. The van der Waals surface area contributed by atoms with Crippen molar-refractivity contribution < 1.29 is 23.8 Å². The fourth-order valence-corrected chi connectivity index (χ4v) is 3.84. The maximum atomic E-state index is 13.0. The molecule has 0 spiro atoms. The van der Waals surface area contributed by atoms with Gasteiger partial charge >= 0.3 is 0 Å². The number of furan rings is 1. The van der Waals surface area contributed by atoms with Gasteiger partial charge in [-0.15, -0.1) is 0 Å². The molecule has 0 unspecified atom stereocenters. The minimum absolute atomic E-state index is 0.00443. The van der Waals surface area contributed by atoms with E-state index in [9.17, 15) is 14.7 Å². The standard InChI is InChI=1S/C20H18ClNO5/c21-13-5-1-4-12(10-13)17-16(18(23)15-7-3-9-27-15)19(24)20(25)22(17)11-14-6-2-8-26-14/h1,3-5,7,9-10,14,17,24H,2,6,8,11H2/t14-,17-/m0/s1. The molecule has 1 amide bonds. The second-order valence-corrected chi connectivity index (χ2v) is 7.06. The first-order chi connectivity index (χ1) is 13.1. The van der Waals surface area contributed by atoms with Crippen molar-refractivity contribution in [3.63, 3.8) is 0 Å². The Hall–Kier alpha value is -2.57. The molecule has 3 heterocycles. The van der Waals surface area contributed by atoms with Crippen molar-refractivity contribution in [2.45, 2.75) is 25.0 Å². The molecule has 0 saturated carbocycles. The van der Waals surface area contributed by atoms with Crippen LogP contribution in [0, 0.1) is 0 Å². The third-order valence-electron chi connectivity index (χ3n) is 4.88.